The quantitative estimate of drug-likeness (QED) is 0.376. The van der Waals surface area contributed by atoms with Crippen molar-refractivity contribution in [2.45, 2.75) is 6.92 Å². The standard InChI is InChI=1S/C24H19ClN4O3S/c1-14-10-11-21(33-14)24(32)26-13-22(30)28-29-23(31)17-12-20(16-7-2-4-8-18(16)25)27-19-9-5-3-6-15(17)19/h2-12H,13H2,1H3,(H,26,32)(H,28,30)(H,29,31). The summed E-state index contributed by atoms with van der Waals surface area (Å²) in [6.45, 7) is 1.61. The number of thiophene rings is 1. The Hall–Kier alpha value is -3.75. The average Bonchev–Trinajstić information content (AvgIpc) is 3.27. The molecule has 0 unspecified atom stereocenters. The Kier molecular flexibility index (Phi) is 6.67. The molecule has 2 heterocycles. The first-order valence-electron chi connectivity index (χ1n) is 10.0. The molecule has 4 aromatic rings. The minimum atomic E-state index is -0.560. The van der Waals surface area contributed by atoms with Crippen molar-refractivity contribution in [2.24, 2.45) is 0 Å². The summed E-state index contributed by atoms with van der Waals surface area (Å²) < 4.78 is 0. The number of aromatic nitrogens is 1. The Morgan fingerprint density at radius 1 is 0.939 bits per heavy atom. The lowest BCUT2D eigenvalue weighted by Gasteiger charge is -2.12. The van der Waals surface area contributed by atoms with Crippen LogP contribution in [0.25, 0.3) is 22.2 Å². The van der Waals surface area contributed by atoms with Crippen molar-refractivity contribution in [3.05, 3.63) is 87.1 Å². The van der Waals surface area contributed by atoms with Gasteiger partial charge in [0.05, 0.1) is 28.2 Å². The van der Waals surface area contributed by atoms with E-state index in [9.17, 15) is 14.4 Å². The number of hydrogen-bond donors (Lipinski definition) is 3. The molecule has 2 aromatic carbocycles. The Balaban J connectivity index is 1.48. The monoisotopic (exact) mass is 478 g/mol. The molecule has 7 nitrogen and oxygen atoms in total. The Morgan fingerprint density at radius 3 is 2.45 bits per heavy atom. The van der Waals surface area contributed by atoms with Gasteiger partial charge in [0.2, 0.25) is 0 Å². The third-order valence-electron chi connectivity index (χ3n) is 4.80. The number of benzene rings is 2. The Labute approximate surface area is 198 Å². The van der Waals surface area contributed by atoms with Crippen molar-refractivity contribution in [1.29, 1.82) is 0 Å². The molecule has 3 N–H and O–H groups in total. The minimum Gasteiger partial charge on any atom is -0.342 e. The zero-order valence-corrected chi connectivity index (χ0v) is 19.1. The maximum Gasteiger partial charge on any atom is 0.270 e. The first kappa shape index (κ1) is 22.4. The molecule has 0 bridgehead atoms. The molecule has 166 valence electrons. The van der Waals surface area contributed by atoms with Gasteiger partial charge in [-0.1, -0.05) is 48.0 Å². The molecule has 0 aliphatic carbocycles. The van der Waals surface area contributed by atoms with Crippen molar-refractivity contribution >= 4 is 51.6 Å². The molecule has 0 spiro atoms. The Bertz CT molecular complexity index is 1370. The molecular weight excluding hydrogens is 460 g/mol. The SMILES string of the molecule is Cc1ccc(C(=O)NCC(=O)NNC(=O)c2cc(-c3ccccc3Cl)nc3ccccc23)s1. The van der Waals surface area contributed by atoms with Crippen LogP contribution in [-0.4, -0.2) is 29.3 Å². The number of carbonyl (C=O) groups excluding carboxylic acids is 3. The van der Waals surface area contributed by atoms with E-state index in [2.05, 4.69) is 21.2 Å². The van der Waals surface area contributed by atoms with Crippen LogP contribution in [0.5, 0.6) is 0 Å². The van der Waals surface area contributed by atoms with Crippen LogP contribution in [0.2, 0.25) is 5.02 Å². The second-order valence-electron chi connectivity index (χ2n) is 7.15. The van der Waals surface area contributed by atoms with Crippen LogP contribution in [0.4, 0.5) is 0 Å². The van der Waals surface area contributed by atoms with Crippen LogP contribution >= 0.6 is 22.9 Å². The number of hydrogen-bond acceptors (Lipinski definition) is 5. The highest BCUT2D eigenvalue weighted by atomic mass is 35.5. The zero-order chi connectivity index (χ0) is 23.4. The molecule has 0 atom stereocenters. The van der Waals surface area contributed by atoms with Gasteiger partial charge in [0, 0.05) is 20.8 Å². The normalized spacial score (nSPS) is 10.6. The largest absolute Gasteiger partial charge is 0.342 e. The maximum absolute atomic E-state index is 12.9. The number of rotatable bonds is 5. The van der Waals surface area contributed by atoms with E-state index >= 15 is 0 Å². The first-order valence-corrected chi connectivity index (χ1v) is 11.2. The van der Waals surface area contributed by atoms with Crippen LogP contribution in [0, 0.1) is 6.92 Å². The van der Waals surface area contributed by atoms with Gasteiger partial charge in [-0.05, 0) is 37.3 Å². The minimum absolute atomic E-state index is 0.280. The highest BCUT2D eigenvalue weighted by Crippen LogP contribution is 2.29. The van der Waals surface area contributed by atoms with E-state index in [1.807, 2.05) is 37.3 Å². The van der Waals surface area contributed by atoms with Crippen LogP contribution in [0.3, 0.4) is 0 Å². The molecule has 0 aliphatic rings. The van der Waals surface area contributed by atoms with E-state index in [1.54, 1.807) is 36.4 Å². The number of carbonyl (C=O) groups is 3. The molecule has 0 fully saturated rings. The van der Waals surface area contributed by atoms with Gasteiger partial charge < -0.3 is 5.32 Å². The van der Waals surface area contributed by atoms with E-state index in [0.717, 1.165) is 4.88 Å². The fourth-order valence-electron chi connectivity index (χ4n) is 3.21. The average molecular weight is 479 g/mol. The van der Waals surface area contributed by atoms with Crippen LogP contribution < -0.4 is 16.2 Å². The number of pyridine rings is 1. The predicted octanol–water partition coefficient (Wildman–Crippen LogP) is 4.12. The van der Waals surface area contributed by atoms with Crippen LogP contribution in [0.1, 0.15) is 24.9 Å². The second-order valence-corrected chi connectivity index (χ2v) is 8.84. The third-order valence-corrected chi connectivity index (χ3v) is 6.13. The van der Waals surface area contributed by atoms with E-state index in [0.29, 0.717) is 37.6 Å². The first-order chi connectivity index (χ1) is 15.9. The summed E-state index contributed by atoms with van der Waals surface area (Å²) in [4.78, 5) is 43.3. The van der Waals surface area contributed by atoms with Gasteiger partial charge in [0.25, 0.3) is 17.7 Å². The number of amides is 3. The molecule has 0 saturated heterocycles. The summed E-state index contributed by atoms with van der Waals surface area (Å²) in [6.07, 6.45) is 0. The summed E-state index contributed by atoms with van der Waals surface area (Å²) in [7, 11) is 0. The maximum atomic E-state index is 12.9. The smallest absolute Gasteiger partial charge is 0.270 e. The lowest BCUT2D eigenvalue weighted by Crippen LogP contribution is -2.46. The van der Waals surface area contributed by atoms with Crippen LogP contribution in [0.15, 0.2) is 66.7 Å². The topological polar surface area (TPSA) is 100 Å². The van der Waals surface area contributed by atoms with Gasteiger partial charge in [-0.25, -0.2) is 4.98 Å². The number of para-hydroxylation sites is 1. The number of fused-ring (bicyclic) bond motifs is 1. The van der Waals surface area contributed by atoms with Crippen LogP contribution in [-0.2, 0) is 4.79 Å². The Morgan fingerprint density at radius 2 is 1.70 bits per heavy atom. The molecular formula is C24H19ClN4O3S. The molecule has 0 saturated carbocycles. The van der Waals surface area contributed by atoms with Gasteiger partial charge in [0.15, 0.2) is 0 Å². The van der Waals surface area contributed by atoms with Crippen molar-refractivity contribution in [3.8, 4) is 11.3 Å². The molecule has 33 heavy (non-hydrogen) atoms. The van der Waals surface area contributed by atoms with Gasteiger partial charge >= 0.3 is 0 Å². The highest BCUT2D eigenvalue weighted by molar-refractivity contribution is 7.13. The number of hydrazine groups is 1. The number of nitrogens with one attached hydrogen (secondary N) is 3. The number of aryl methyl sites for hydroxylation is 1. The molecule has 0 aliphatic heterocycles. The van der Waals surface area contributed by atoms with E-state index in [-0.39, 0.29) is 12.5 Å². The van der Waals surface area contributed by atoms with Crippen molar-refractivity contribution in [3.63, 3.8) is 0 Å². The molecule has 2 aromatic heterocycles. The molecule has 9 heteroatoms. The third kappa shape index (κ3) is 5.19. The molecule has 0 radical (unpaired) electrons. The van der Waals surface area contributed by atoms with Crippen molar-refractivity contribution < 1.29 is 14.4 Å². The predicted molar refractivity (Wildman–Crippen MR) is 129 cm³/mol. The second kappa shape index (κ2) is 9.81. The van der Waals surface area contributed by atoms with Gasteiger partial charge in [-0.2, -0.15) is 0 Å². The summed E-state index contributed by atoms with van der Waals surface area (Å²) >= 11 is 7.65. The van der Waals surface area contributed by atoms with Crippen molar-refractivity contribution in [1.82, 2.24) is 21.2 Å². The number of nitrogens with zero attached hydrogens (tertiary/aromatic N) is 1. The highest BCUT2D eigenvalue weighted by Gasteiger charge is 2.16. The molecule has 4 rings (SSSR count). The summed E-state index contributed by atoms with van der Waals surface area (Å²) in [5.74, 6) is -1.43. The van der Waals surface area contributed by atoms with E-state index in [4.69, 9.17) is 11.6 Å². The van der Waals surface area contributed by atoms with Gasteiger partial charge in [-0.15, -0.1) is 11.3 Å². The summed E-state index contributed by atoms with van der Waals surface area (Å²) in [5, 5.41) is 3.66. The lowest BCUT2D eigenvalue weighted by molar-refractivity contribution is -0.120. The fraction of sp³-hybridized carbons (Fsp3) is 0.0833. The summed E-state index contributed by atoms with van der Waals surface area (Å²) in [6, 6.07) is 19.6. The van der Waals surface area contributed by atoms with Gasteiger partial charge in [-0.3, -0.25) is 25.2 Å². The van der Waals surface area contributed by atoms with Crippen molar-refractivity contribution in [2.75, 3.05) is 6.54 Å². The lowest BCUT2D eigenvalue weighted by atomic mass is 10.0. The van der Waals surface area contributed by atoms with Gasteiger partial charge in [0.1, 0.15) is 0 Å². The fourth-order valence-corrected chi connectivity index (χ4v) is 4.23. The van der Waals surface area contributed by atoms with E-state index < -0.39 is 11.8 Å². The van der Waals surface area contributed by atoms with E-state index in [1.165, 1.54) is 11.3 Å². The molecule has 3 amide bonds. The zero-order valence-electron chi connectivity index (χ0n) is 17.5. The number of halogens is 1. The summed E-state index contributed by atoms with van der Waals surface area (Å²) in [5.41, 5.74) is 6.90.